The lowest BCUT2D eigenvalue weighted by atomic mass is 9.84. The summed E-state index contributed by atoms with van der Waals surface area (Å²) in [4.78, 5) is 13.1. The van der Waals surface area contributed by atoms with Crippen LogP contribution in [0.3, 0.4) is 0 Å². The van der Waals surface area contributed by atoms with Crippen LogP contribution in [0, 0.1) is 22.7 Å². The minimum atomic E-state index is -1.04. The van der Waals surface area contributed by atoms with Gasteiger partial charge in [-0.05, 0) is 24.3 Å². The molecule has 0 fully saturated rings. The van der Waals surface area contributed by atoms with Gasteiger partial charge in [-0.2, -0.15) is 10.5 Å². The predicted octanol–water partition coefficient (Wildman–Crippen LogP) is 0.684. The summed E-state index contributed by atoms with van der Waals surface area (Å²) in [6, 6.07) is 11.6. The van der Waals surface area contributed by atoms with E-state index >= 15 is 0 Å². The van der Waals surface area contributed by atoms with Crippen molar-refractivity contribution in [1.29, 1.82) is 10.5 Å². The molecule has 1 aromatic heterocycles. The highest BCUT2D eigenvalue weighted by Crippen LogP contribution is 2.40. The number of phenols is 4. The number of aromatic nitrogens is 1. The molecule has 0 aliphatic carbocycles. The van der Waals surface area contributed by atoms with Crippen molar-refractivity contribution >= 4 is 28.8 Å². The summed E-state index contributed by atoms with van der Waals surface area (Å²) in [5.41, 5.74) is 5.92. The number of allylic oxidation sites excluding steroid dienone is 1. The summed E-state index contributed by atoms with van der Waals surface area (Å²) in [6.07, 6.45) is 1.38. The molecular weight excluding hydrogens is 432 g/mol. The van der Waals surface area contributed by atoms with Crippen molar-refractivity contribution in [2.75, 3.05) is 0 Å². The van der Waals surface area contributed by atoms with E-state index in [4.69, 9.17) is 5.73 Å². The third kappa shape index (κ3) is 3.12. The van der Waals surface area contributed by atoms with Gasteiger partial charge in [0.1, 0.15) is 33.5 Å². The van der Waals surface area contributed by atoms with Gasteiger partial charge >= 0.3 is 0 Å². The molecule has 0 radical (unpaired) electrons. The SMILES string of the molecule is N#CC1=C(N)n2c(sc(=Cc3ccc(O)cc3O)c2=O)=C(C#N)C1c1ccc(O)cc1O. The van der Waals surface area contributed by atoms with Crippen molar-refractivity contribution in [2.24, 2.45) is 5.73 Å². The number of hydrogen-bond acceptors (Lipinski definition) is 9. The first-order valence-electron chi connectivity index (χ1n) is 9.08. The van der Waals surface area contributed by atoms with Crippen LogP contribution in [0.15, 0.2) is 46.8 Å². The van der Waals surface area contributed by atoms with Crippen LogP contribution >= 0.6 is 11.3 Å². The quantitative estimate of drug-likeness (QED) is 0.382. The Morgan fingerprint density at radius 2 is 1.59 bits per heavy atom. The lowest BCUT2D eigenvalue weighted by Crippen LogP contribution is -2.38. The van der Waals surface area contributed by atoms with Crippen LogP contribution in [0.1, 0.15) is 17.0 Å². The Morgan fingerprint density at radius 3 is 2.19 bits per heavy atom. The average molecular weight is 446 g/mol. The first-order chi connectivity index (χ1) is 15.3. The lowest BCUT2D eigenvalue weighted by molar-refractivity contribution is 0.445. The fourth-order valence-corrected chi connectivity index (χ4v) is 4.65. The lowest BCUT2D eigenvalue weighted by Gasteiger charge is -2.22. The molecule has 158 valence electrons. The number of nitriles is 2. The predicted molar refractivity (Wildman–Crippen MR) is 116 cm³/mol. The number of nitrogens with zero attached hydrogens (tertiary/aromatic N) is 3. The van der Waals surface area contributed by atoms with E-state index in [0.29, 0.717) is 0 Å². The Hall–Kier alpha value is -4.67. The van der Waals surface area contributed by atoms with Crippen molar-refractivity contribution in [3.8, 4) is 35.1 Å². The Balaban J connectivity index is 2.07. The molecule has 1 aliphatic rings. The van der Waals surface area contributed by atoms with E-state index in [0.717, 1.165) is 28.0 Å². The number of benzene rings is 2. The van der Waals surface area contributed by atoms with E-state index in [9.17, 15) is 35.7 Å². The fraction of sp³-hybridized carbons (Fsp3) is 0.0455. The number of nitrogens with two attached hydrogens (primary N) is 1. The van der Waals surface area contributed by atoms with Gasteiger partial charge in [0.2, 0.25) is 0 Å². The average Bonchev–Trinajstić information content (AvgIpc) is 3.06. The first kappa shape index (κ1) is 20.6. The van der Waals surface area contributed by atoms with Crippen molar-refractivity contribution in [3.05, 3.63) is 72.6 Å². The van der Waals surface area contributed by atoms with Gasteiger partial charge in [-0.15, -0.1) is 11.3 Å². The highest BCUT2D eigenvalue weighted by atomic mass is 32.1. The zero-order valence-electron chi connectivity index (χ0n) is 16.1. The summed E-state index contributed by atoms with van der Waals surface area (Å²) in [5, 5.41) is 59.1. The number of rotatable bonds is 2. The zero-order valence-corrected chi connectivity index (χ0v) is 17.0. The van der Waals surface area contributed by atoms with Gasteiger partial charge in [-0.1, -0.05) is 6.07 Å². The first-order valence-corrected chi connectivity index (χ1v) is 9.90. The van der Waals surface area contributed by atoms with Crippen LogP contribution in [0.4, 0.5) is 0 Å². The number of hydrogen-bond donors (Lipinski definition) is 5. The minimum absolute atomic E-state index is 0.0217. The number of thiazole rings is 1. The van der Waals surface area contributed by atoms with Crippen LogP contribution in [0.2, 0.25) is 0 Å². The molecule has 1 aliphatic heterocycles. The molecule has 10 heteroatoms. The molecule has 32 heavy (non-hydrogen) atoms. The van der Waals surface area contributed by atoms with E-state index in [1.54, 1.807) is 0 Å². The molecule has 3 aromatic rings. The Labute approximate surface area is 184 Å². The van der Waals surface area contributed by atoms with Crippen LogP contribution in [0.25, 0.3) is 17.5 Å². The van der Waals surface area contributed by atoms with Gasteiger partial charge in [-0.25, -0.2) is 0 Å². The van der Waals surface area contributed by atoms with Gasteiger partial charge in [-0.3, -0.25) is 9.36 Å². The summed E-state index contributed by atoms with van der Waals surface area (Å²) in [7, 11) is 0. The van der Waals surface area contributed by atoms with Crippen LogP contribution in [0.5, 0.6) is 23.0 Å². The smallest absolute Gasteiger partial charge is 0.274 e. The van der Waals surface area contributed by atoms with Crippen molar-refractivity contribution in [3.63, 3.8) is 0 Å². The molecule has 0 saturated carbocycles. The van der Waals surface area contributed by atoms with E-state index in [2.05, 4.69) is 0 Å². The van der Waals surface area contributed by atoms with E-state index in [-0.39, 0.29) is 60.3 Å². The van der Waals surface area contributed by atoms with Gasteiger partial charge < -0.3 is 26.2 Å². The van der Waals surface area contributed by atoms with E-state index in [1.807, 2.05) is 12.1 Å². The van der Waals surface area contributed by atoms with Gasteiger partial charge in [0, 0.05) is 23.3 Å². The zero-order chi connectivity index (χ0) is 23.2. The van der Waals surface area contributed by atoms with Crippen LogP contribution in [-0.4, -0.2) is 25.0 Å². The van der Waals surface area contributed by atoms with Crippen molar-refractivity contribution < 1.29 is 20.4 Å². The number of fused-ring (bicyclic) bond motifs is 1. The fourth-order valence-electron chi connectivity index (χ4n) is 3.53. The molecule has 4 rings (SSSR count). The third-order valence-corrected chi connectivity index (χ3v) is 6.12. The molecule has 0 spiro atoms. The largest absolute Gasteiger partial charge is 0.508 e. The molecule has 1 unspecified atom stereocenters. The normalized spacial score (nSPS) is 15.9. The van der Waals surface area contributed by atoms with Crippen molar-refractivity contribution in [1.82, 2.24) is 4.57 Å². The molecule has 6 N–H and O–H groups in total. The molecule has 2 heterocycles. The standard InChI is InChI=1S/C22H14N4O5S/c23-8-14-19(13-4-3-12(28)7-17(13)30)15(9-24)22-26(20(14)25)21(31)18(32-22)5-10-1-2-11(27)6-16(10)29/h1-7,19,27-30H,25H2. The Kier molecular flexibility index (Phi) is 4.85. The van der Waals surface area contributed by atoms with Gasteiger partial charge in [0.05, 0.1) is 33.7 Å². The van der Waals surface area contributed by atoms with Crippen LogP contribution in [-0.2, 0) is 0 Å². The topological polar surface area (TPSA) is 177 Å². The summed E-state index contributed by atoms with van der Waals surface area (Å²) >= 11 is 0.933. The number of aromatic hydroxyl groups is 4. The maximum atomic E-state index is 13.1. The second kappa shape index (κ2) is 7.54. The molecule has 0 bridgehead atoms. The third-order valence-electron chi connectivity index (χ3n) is 5.01. The summed E-state index contributed by atoms with van der Waals surface area (Å²) in [5.74, 6) is -2.16. The van der Waals surface area contributed by atoms with Crippen molar-refractivity contribution in [2.45, 2.75) is 5.92 Å². The van der Waals surface area contributed by atoms with Gasteiger partial charge in [0.25, 0.3) is 5.56 Å². The number of phenolic OH excluding ortho intramolecular Hbond substituents is 4. The van der Waals surface area contributed by atoms with Gasteiger partial charge in [0.15, 0.2) is 0 Å². The monoisotopic (exact) mass is 446 g/mol. The van der Waals surface area contributed by atoms with E-state index in [1.165, 1.54) is 30.3 Å². The highest BCUT2D eigenvalue weighted by molar-refractivity contribution is 7.07. The molecule has 2 aromatic carbocycles. The summed E-state index contributed by atoms with van der Waals surface area (Å²) in [6.45, 7) is 0. The summed E-state index contributed by atoms with van der Waals surface area (Å²) < 4.78 is 1.36. The van der Waals surface area contributed by atoms with E-state index < -0.39 is 11.5 Å². The molecule has 1 atom stereocenters. The molecule has 0 amide bonds. The maximum Gasteiger partial charge on any atom is 0.274 e. The minimum Gasteiger partial charge on any atom is -0.508 e. The second-order valence-electron chi connectivity index (χ2n) is 6.91. The second-order valence-corrected chi connectivity index (χ2v) is 7.94. The molecular formula is C22H14N4O5S. The highest BCUT2D eigenvalue weighted by Gasteiger charge is 2.33. The van der Waals surface area contributed by atoms with Crippen LogP contribution < -0.4 is 20.5 Å². The Bertz CT molecular complexity index is 1580. The maximum absolute atomic E-state index is 13.1. The molecule has 0 saturated heterocycles. The molecule has 9 nitrogen and oxygen atoms in total. The Morgan fingerprint density at radius 1 is 0.969 bits per heavy atom.